The second-order valence-electron chi connectivity index (χ2n) is 9.63. The minimum atomic E-state index is -3.59. The van der Waals surface area contributed by atoms with Crippen LogP contribution in [0.3, 0.4) is 0 Å². The van der Waals surface area contributed by atoms with Gasteiger partial charge >= 0.3 is 0 Å². The van der Waals surface area contributed by atoms with Gasteiger partial charge in [-0.2, -0.15) is 0 Å². The highest BCUT2D eigenvalue weighted by atomic mass is 32.2. The van der Waals surface area contributed by atoms with Gasteiger partial charge in [0.2, 0.25) is 10.0 Å². The zero-order valence-electron chi connectivity index (χ0n) is 19.0. The van der Waals surface area contributed by atoms with Crippen molar-refractivity contribution >= 4 is 10.0 Å². The molecule has 0 unspecified atom stereocenters. The molecule has 0 saturated heterocycles. The Bertz CT molecular complexity index is 1020. The molecule has 2 N–H and O–H groups in total. The number of benzene rings is 1. The first kappa shape index (κ1) is 22.9. The van der Waals surface area contributed by atoms with Crippen LogP contribution < -0.4 is 9.46 Å². The van der Waals surface area contributed by atoms with Crippen molar-refractivity contribution in [1.29, 1.82) is 0 Å². The monoisotopic (exact) mass is 459 g/mol. The summed E-state index contributed by atoms with van der Waals surface area (Å²) in [5.74, 6) is 2.81. The quantitative estimate of drug-likeness (QED) is 0.416. The Morgan fingerprint density at radius 1 is 1.22 bits per heavy atom. The summed E-state index contributed by atoms with van der Waals surface area (Å²) in [6.07, 6.45) is 10.2. The number of aromatic nitrogens is 4. The molecule has 1 heterocycles. The first-order chi connectivity index (χ1) is 15.3. The van der Waals surface area contributed by atoms with E-state index in [9.17, 15) is 8.42 Å². The highest BCUT2D eigenvalue weighted by Crippen LogP contribution is 2.61. The molecule has 0 radical (unpaired) electrons. The fraction of sp³-hybridized carbons (Fsp3) is 0.609. The molecule has 3 saturated carbocycles. The molecule has 3 fully saturated rings. The van der Waals surface area contributed by atoms with Gasteiger partial charge in [0.05, 0.1) is 12.0 Å². The smallest absolute Gasteiger partial charge is 0.240 e. The molecule has 1 aromatic heterocycles. The minimum Gasteiger partial charge on any atom is -0.497 e. The molecule has 2 aromatic rings. The third-order valence-electron chi connectivity index (χ3n) is 7.51. The van der Waals surface area contributed by atoms with Crippen LogP contribution in [0.25, 0.3) is 0 Å². The van der Waals surface area contributed by atoms with Crippen LogP contribution in [0, 0.1) is 23.2 Å². The Kier molecular flexibility index (Phi) is 6.67. The predicted molar refractivity (Wildman–Crippen MR) is 121 cm³/mol. The number of hydrogen-bond acceptors (Lipinski definition) is 6. The van der Waals surface area contributed by atoms with Gasteiger partial charge in [-0.1, -0.05) is 26.0 Å². The third kappa shape index (κ3) is 4.73. The number of methoxy groups -OCH3 is 1. The molecule has 0 spiro atoms. The molecular weight excluding hydrogens is 426 g/mol. The van der Waals surface area contributed by atoms with E-state index in [1.807, 2.05) is 0 Å². The molecule has 174 valence electrons. The summed E-state index contributed by atoms with van der Waals surface area (Å²) < 4.78 is 34.6. The first-order valence-electron chi connectivity index (χ1n) is 11.3. The van der Waals surface area contributed by atoms with E-state index in [2.05, 4.69) is 51.3 Å². The molecule has 9 heteroatoms. The normalized spacial score (nSPS) is 26.7. The number of hydrogen-bond donors (Lipinski definition) is 2. The summed E-state index contributed by atoms with van der Waals surface area (Å²) in [5, 5.41) is 13.9. The van der Waals surface area contributed by atoms with Crippen molar-refractivity contribution in [2.45, 2.75) is 63.3 Å². The molecular formula is C23H33N5O3S. The molecule has 1 aromatic carbocycles. The van der Waals surface area contributed by atoms with Crippen LogP contribution in [0.1, 0.15) is 51.8 Å². The van der Waals surface area contributed by atoms with E-state index in [4.69, 9.17) is 4.74 Å². The summed E-state index contributed by atoms with van der Waals surface area (Å²) in [4.78, 5) is 0.286. The van der Waals surface area contributed by atoms with Crippen molar-refractivity contribution in [3.8, 4) is 5.75 Å². The Labute approximate surface area is 190 Å². The lowest BCUT2D eigenvalue weighted by molar-refractivity contribution is -0.108. The largest absolute Gasteiger partial charge is 0.497 e. The third-order valence-corrected chi connectivity index (χ3v) is 8.99. The van der Waals surface area contributed by atoms with E-state index in [1.54, 1.807) is 31.4 Å². The van der Waals surface area contributed by atoms with Crippen molar-refractivity contribution in [2.75, 3.05) is 7.11 Å². The van der Waals surface area contributed by atoms with E-state index >= 15 is 0 Å². The lowest BCUT2D eigenvalue weighted by Crippen LogP contribution is -2.63. The summed E-state index contributed by atoms with van der Waals surface area (Å²) in [6, 6.07) is 6.55. The lowest BCUT2D eigenvalue weighted by Gasteiger charge is -2.62. The molecule has 4 atom stereocenters. The Hall–Kier alpha value is -2.26. The SMILES string of the molecule is COc1ccc(S(=O)(=O)N[C@@H]2[C@@H](CC=CCCCc3nnn[nH]3)C[C@H]3C[C@@H]2C3(C)C)cc1. The van der Waals surface area contributed by atoms with Crippen LogP contribution in [0.2, 0.25) is 0 Å². The minimum absolute atomic E-state index is 0.0491. The molecule has 5 rings (SSSR count). The summed E-state index contributed by atoms with van der Waals surface area (Å²) >= 11 is 0. The highest BCUT2D eigenvalue weighted by Gasteiger charge is 2.58. The van der Waals surface area contributed by atoms with Crippen LogP contribution in [-0.2, 0) is 16.4 Å². The van der Waals surface area contributed by atoms with Crippen LogP contribution in [0.4, 0.5) is 0 Å². The second-order valence-corrected chi connectivity index (χ2v) is 11.3. The van der Waals surface area contributed by atoms with Crippen molar-refractivity contribution in [3.63, 3.8) is 0 Å². The van der Waals surface area contributed by atoms with Gasteiger partial charge in [-0.15, -0.1) is 5.10 Å². The van der Waals surface area contributed by atoms with Crippen LogP contribution in [-0.4, -0.2) is 42.2 Å². The standard InChI is InChI=1S/C23H33N5O3S/c1-23(2)17-14-16(8-6-4-5-7-9-21-24-27-28-25-21)22(20(23)15-17)26-32(29,30)19-12-10-18(31-3)11-13-19/h4,6,10-13,16-17,20,22,26H,5,7-9,14-15H2,1-3H3,(H,24,25,27,28)/t16-,17-,20-,22+/m0/s1. The summed E-state index contributed by atoms with van der Waals surface area (Å²) in [7, 11) is -2.02. The Morgan fingerprint density at radius 2 is 2.00 bits per heavy atom. The maximum atomic E-state index is 13.2. The summed E-state index contributed by atoms with van der Waals surface area (Å²) in [5.41, 5.74) is 0.179. The molecule has 32 heavy (non-hydrogen) atoms. The number of H-pyrrole nitrogens is 1. The van der Waals surface area contributed by atoms with Gasteiger partial charge in [-0.25, -0.2) is 18.2 Å². The summed E-state index contributed by atoms with van der Waals surface area (Å²) in [6.45, 7) is 4.57. The zero-order valence-corrected chi connectivity index (χ0v) is 19.8. The average Bonchev–Trinajstić information content (AvgIpc) is 3.30. The van der Waals surface area contributed by atoms with Gasteiger partial charge in [-0.05, 0) is 90.0 Å². The fourth-order valence-corrected chi connectivity index (χ4v) is 6.74. The van der Waals surface area contributed by atoms with E-state index in [0.717, 1.165) is 44.3 Å². The molecule has 2 bridgehead atoms. The number of aromatic amines is 1. The maximum Gasteiger partial charge on any atom is 0.240 e. The number of nitrogens with one attached hydrogen (secondary N) is 2. The second kappa shape index (κ2) is 9.31. The predicted octanol–water partition coefficient (Wildman–Crippen LogP) is 3.51. The Balaban J connectivity index is 1.39. The number of nitrogens with zero attached hydrogens (tertiary/aromatic N) is 3. The van der Waals surface area contributed by atoms with Crippen LogP contribution in [0.5, 0.6) is 5.75 Å². The average molecular weight is 460 g/mol. The van der Waals surface area contributed by atoms with Gasteiger partial charge in [-0.3, -0.25) is 0 Å². The van der Waals surface area contributed by atoms with E-state index in [0.29, 0.717) is 23.5 Å². The number of aryl methyl sites for hydroxylation is 1. The molecule has 3 aliphatic rings. The molecule has 3 aliphatic carbocycles. The molecule has 8 nitrogen and oxygen atoms in total. The first-order valence-corrected chi connectivity index (χ1v) is 12.8. The number of allylic oxidation sites excluding steroid dienone is 2. The van der Waals surface area contributed by atoms with Gasteiger partial charge in [0.25, 0.3) is 0 Å². The molecule has 0 aliphatic heterocycles. The number of rotatable bonds is 10. The highest BCUT2D eigenvalue weighted by molar-refractivity contribution is 7.89. The number of ether oxygens (including phenoxy) is 1. The van der Waals surface area contributed by atoms with E-state index < -0.39 is 10.0 Å². The van der Waals surface area contributed by atoms with Gasteiger partial charge in [0, 0.05) is 12.5 Å². The number of unbranched alkanes of at least 4 members (excludes halogenated alkanes) is 1. The van der Waals surface area contributed by atoms with Gasteiger partial charge < -0.3 is 4.74 Å². The van der Waals surface area contributed by atoms with Crippen LogP contribution in [0.15, 0.2) is 41.3 Å². The van der Waals surface area contributed by atoms with Crippen molar-refractivity contribution < 1.29 is 13.2 Å². The van der Waals surface area contributed by atoms with Gasteiger partial charge in [0.15, 0.2) is 0 Å². The number of fused-ring (bicyclic) bond motifs is 2. The van der Waals surface area contributed by atoms with Gasteiger partial charge in [0.1, 0.15) is 11.6 Å². The molecule has 0 amide bonds. The zero-order chi connectivity index (χ0) is 22.8. The fourth-order valence-electron chi connectivity index (χ4n) is 5.39. The Morgan fingerprint density at radius 3 is 2.66 bits per heavy atom. The maximum absolute atomic E-state index is 13.2. The topological polar surface area (TPSA) is 110 Å². The van der Waals surface area contributed by atoms with Crippen molar-refractivity contribution in [3.05, 3.63) is 42.2 Å². The number of sulfonamides is 1. The van der Waals surface area contributed by atoms with Crippen LogP contribution >= 0.6 is 0 Å². The lowest BCUT2D eigenvalue weighted by atomic mass is 9.45. The number of tetrazole rings is 1. The van der Waals surface area contributed by atoms with E-state index in [-0.39, 0.29) is 16.4 Å². The van der Waals surface area contributed by atoms with Crippen molar-refractivity contribution in [2.24, 2.45) is 23.2 Å². The van der Waals surface area contributed by atoms with Crippen molar-refractivity contribution in [1.82, 2.24) is 25.3 Å². The van der Waals surface area contributed by atoms with E-state index in [1.165, 1.54) is 0 Å².